The summed E-state index contributed by atoms with van der Waals surface area (Å²) in [6, 6.07) is 1.97. The normalized spacial score (nSPS) is 40.0. The van der Waals surface area contributed by atoms with Gasteiger partial charge < -0.3 is 9.80 Å². The predicted molar refractivity (Wildman–Crippen MR) is 252 cm³/mol. The highest BCUT2D eigenvalue weighted by Gasteiger charge is 2.50. The summed E-state index contributed by atoms with van der Waals surface area (Å²) in [5, 5.41) is 0. The Morgan fingerprint density at radius 2 is 1.63 bits per heavy atom. The molecular formula is C58H74N2. The van der Waals surface area contributed by atoms with Gasteiger partial charge in [-0.25, -0.2) is 0 Å². The van der Waals surface area contributed by atoms with Crippen molar-refractivity contribution in [1.82, 2.24) is 9.80 Å². The summed E-state index contributed by atoms with van der Waals surface area (Å²) in [4.78, 5) is 6.09. The molecule has 0 aromatic rings. The van der Waals surface area contributed by atoms with Crippen molar-refractivity contribution in [3.05, 3.63) is 142 Å². The highest BCUT2D eigenvalue weighted by atomic mass is 15.2. The molecule has 0 saturated carbocycles. The first-order chi connectivity index (χ1) is 29.4. The van der Waals surface area contributed by atoms with Crippen LogP contribution in [0, 0.1) is 47.3 Å². The molecule has 2 aliphatic heterocycles. The Kier molecular flexibility index (Phi) is 10.7. The fourth-order valence-corrected chi connectivity index (χ4v) is 15.0. The van der Waals surface area contributed by atoms with Gasteiger partial charge in [0.05, 0.1) is 12.1 Å². The molecule has 2 heteroatoms. The van der Waals surface area contributed by atoms with Crippen LogP contribution in [0.15, 0.2) is 142 Å². The maximum atomic E-state index is 4.97. The van der Waals surface area contributed by atoms with Crippen LogP contribution >= 0.6 is 0 Å². The molecule has 0 N–H and O–H groups in total. The van der Waals surface area contributed by atoms with E-state index < -0.39 is 0 Å². The van der Waals surface area contributed by atoms with Crippen LogP contribution in [-0.2, 0) is 0 Å². The highest BCUT2D eigenvalue weighted by Crippen LogP contribution is 2.56. The van der Waals surface area contributed by atoms with Gasteiger partial charge in [-0.2, -0.15) is 0 Å². The zero-order chi connectivity index (χ0) is 40.5. The van der Waals surface area contributed by atoms with Crippen LogP contribution in [0.1, 0.15) is 143 Å². The smallest absolute Gasteiger partial charge is 0.0693 e. The van der Waals surface area contributed by atoms with Gasteiger partial charge in [-0.15, -0.1) is 0 Å². The van der Waals surface area contributed by atoms with Crippen molar-refractivity contribution in [3.8, 4) is 0 Å². The van der Waals surface area contributed by atoms with Crippen LogP contribution < -0.4 is 0 Å². The molecule has 0 aromatic carbocycles. The first-order valence-electron chi connectivity index (χ1n) is 25.3. The van der Waals surface area contributed by atoms with E-state index in [0.29, 0.717) is 65.6 Å². The van der Waals surface area contributed by atoms with Crippen LogP contribution in [0.3, 0.4) is 0 Å². The van der Waals surface area contributed by atoms with E-state index >= 15 is 0 Å². The number of fused-ring (bicyclic) bond motifs is 4. The third-order valence-electron chi connectivity index (χ3n) is 18.1. The van der Waals surface area contributed by atoms with E-state index in [9.17, 15) is 0 Å². The minimum Gasteiger partial charge on any atom is -0.367 e. The summed E-state index contributed by atoms with van der Waals surface area (Å²) in [5.41, 5.74) is 16.9. The first kappa shape index (κ1) is 39.3. The van der Waals surface area contributed by atoms with Gasteiger partial charge in [0.25, 0.3) is 0 Å². The van der Waals surface area contributed by atoms with Crippen molar-refractivity contribution in [1.29, 1.82) is 0 Å². The summed E-state index contributed by atoms with van der Waals surface area (Å²) < 4.78 is 0. The minimum absolute atomic E-state index is 0.314. The molecule has 11 rings (SSSR count). The van der Waals surface area contributed by atoms with Gasteiger partial charge in [0.2, 0.25) is 0 Å². The lowest BCUT2D eigenvalue weighted by atomic mass is 9.68. The largest absolute Gasteiger partial charge is 0.367 e. The van der Waals surface area contributed by atoms with E-state index in [1.165, 1.54) is 115 Å². The summed E-state index contributed by atoms with van der Waals surface area (Å²) in [6.45, 7) is 12.7. The standard InChI is InChI=1S/C58H74N2/c1-37-26-30-54-51(32-37)48-29-27-45(35-57(48)59(54)53-25-15-23-47(39(53)3)42-19-10-6-11-20-42)44-28-31-55-52(33-44)49-24-14-16-38(2)58(49)60(55)56-36-46(41-17-8-5-9-18-41)34-50(40(56)4)43-21-12-7-13-22-43/h5,8-9,12,15,17,19,21,25,27,29,33-34,37-38,40-41,43,46-47,52-53,55-57H,3,6-7,10-11,13-14,16,18,20,22-24,26,28,30-32,35-36H2,1-2,4H3/t37-,38-,40-,41?,43?,46?,47?,52?,53?,55?,56?,57?/m1/s1. The van der Waals surface area contributed by atoms with Crippen molar-refractivity contribution in [2.75, 3.05) is 0 Å². The first-order valence-corrected chi connectivity index (χ1v) is 25.3. The molecule has 316 valence electrons. The summed E-state index contributed by atoms with van der Waals surface area (Å²) in [7, 11) is 0. The predicted octanol–water partition coefficient (Wildman–Crippen LogP) is 14.5. The second-order valence-electron chi connectivity index (χ2n) is 21.5. The molecule has 0 aromatic heterocycles. The summed E-state index contributed by atoms with van der Waals surface area (Å²) >= 11 is 0. The molecule has 2 nitrogen and oxygen atoms in total. The van der Waals surface area contributed by atoms with E-state index in [-0.39, 0.29) is 0 Å². The lowest BCUT2D eigenvalue weighted by Gasteiger charge is -2.49. The minimum atomic E-state index is 0.314. The quantitative estimate of drug-likeness (QED) is 0.247. The maximum absolute atomic E-state index is 4.97. The van der Waals surface area contributed by atoms with E-state index in [2.05, 4.69) is 110 Å². The molecular weight excluding hydrogens is 725 g/mol. The van der Waals surface area contributed by atoms with Gasteiger partial charge in [-0.3, -0.25) is 0 Å². The summed E-state index contributed by atoms with van der Waals surface area (Å²) in [6.07, 6.45) is 57.5. The van der Waals surface area contributed by atoms with Crippen molar-refractivity contribution in [3.63, 3.8) is 0 Å². The molecule has 0 amide bonds. The average molecular weight is 799 g/mol. The lowest BCUT2D eigenvalue weighted by Crippen LogP contribution is -2.50. The fourth-order valence-electron chi connectivity index (χ4n) is 15.0. The van der Waals surface area contributed by atoms with Crippen molar-refractivity contribution < 1.29 is 0 Å². The summed E-state index contributed by atoms with van der Waals surface area (Å²) in [5.74, 6) is 5.01. The van der Waals surface area contributed by atoms with Crippen LogP contribution in [0.4, 0.5) is 0 Å². The second-order valence-corrected chi connectivity index (χ2v) is 21.5. The van der Waals surface area contributed by atoms with Gasteiger partial charge in [-0.05, 0) is 191 Å². The van der Waals surface area contributed by atoms with Crippen molar-refractivity contribution in [2.24, 2.45) is 47.3 Å². The van der Waals surface area contributed by atoms with Gasteiger partial charge in [-0.1, -0.05) is 117 Å². The molecule has 11 aliphatic rings. The molecule has 12 atom stereocenters. The van der Waals surface area contributed by atoms with Gasteiger partial charge in [0.1, 0.15) is 0 Å². The second kappa shape index (κ2) is 16.3. The molecule has 0 fully saturated rings. The topological polar surface area (TPSA) is 6.48 Å². The van der Waals surface area contributed by atoms with Crippen LogP contribution in [-0.4, -0.2) is 34.0 Å². The van der Waals surface area contributed by atoms with Gasteiger partial charge >= 0.3 is 0 Å². The Balaban J connectivity index is 0.909. The molecule has 0 radical (unpaired) electrons. The van der Waals surface area contributed by atoms with Crippen molar-refractivity contribution in [2.45, 2.75) is 167 Å². The Labute approximate surface area is 364 Å². The SMILES string of the molecule is C=C1C(C2=CCCCC2)CC=CC1N1C2=C(C[C@H](C)CC2)C2=CC=C(C3=CC4C5=C([C@H](C)CCC5)N(C5CC(C6C=CC=CC6)C=C(C6C=CCCC6)[C@H]5C)C4CC3)CC21. The van der Waals surface area contributed by atoms with Crippen LogP contribution in [0.2, 0.25) is 0 Å². The number of rotatable bonds is 6. The van der Waals surface area contributed by atoms with E-state index in [1.54, 1.807) is 44.8 Å². The Bertz CT molecular complexity index is 2100. The van der Waals surface area contributed by atoms with E-state index in [0.717, 1.165) is 18.8 Å². The third-order valence-corrected chi connectivity index (χ3v) is 18.1. The number of allylic oxidation sites excluding steroid dienone is 15. The van der Waals surface area contributed by atoms with Gasteiger partial charge in [0, 0.05) is 35.3 Å². The maximum Gasteiger partial charge on any atom is 0.0693 e. The number of nitrogens with zero attached hydrogens (tertiary/aromatic N) is 2. The molecule has 0 spiro atoms. The lowest BCUT2D eigenvalue weighted by molar-refractivity contribution is 0.0984. The fraction of sp³-hybridized carbons (Fsp3) is 0.586. The number of hydrogen-bond acceptors (Lipinski definition) is 2. The average Bonchev–Trinajstić information content (AvgIpc) is 3.79. The third kappa shape index (κ3) is 6.79. The van der Waals surface area contributed by atoms with Crippen molar-refractivity contribution >= 4 is 0 Å². The number of hydrogen-bond donors (Lipinski definition) is 0. The van der Waals surface area contributed by atoms with E-state index in [1.807, 2.05) is 5.57 Å². The monoisotopic (exact) mass is 799 g/mol. The molecule has 0 bridgehead atoms. The van der Waals surface area contributed by atoms with Gasteiger partial charge in [0.15, 0.2) is 0 Å². The molecule has 60 heavy (non-hydrogen) atoms. The Hall–Kier alpha value is -3.52. The Morgan fingerprint density at radius 1 is 0.700 bits per heavy atom. The molecule has 9 aliphatic carbocycles. The van der Waals surface area contributed by atoms with Crippen LogP contribution in [0.25, 0.3) is 0 Å². The molecule has 9 unspecified atom stereocenters. The van der Waals surface area contributed by atoms with Crippen LogP contribution in [0.5, 0.6) is 0 Å². The highest BCUT2D eigenvalue weighted by molar-refractivity contribution is 5.56. The van der Waals surface area contributed by atoms with E-state index in [4.69, 9.17) is 6.58 Å². The molecule has 2 heterocycles. The Morgan fingerprint density at radius 3 is 2.47 bits per heavy atom. The molecule has 0 saturated heterocycles. The zero-order valence-corrected chi connectivity index (χ0v) is 37.5. The zero-order valence-electron chi connectivity index (χ0n) is 37.5.